The first kappa shape index (κ1) is 10.0. The molecule has 0 radical (unpaired) electrons. The summed E-state index contributed by atoms with van der Waals surface area (Å²) < 4.78 is 0. The summed E-state index contributed by atoms with van der Waals surface area (Å²) in [5, 5.41) is 3.57. The van der Waals surface area contributed by atoms with Crippen molar-refractivity contribution in [3.63, 3.8) is 0 Å². The first-order valence-electron chi connectivity index (χ1n) is 5.08. The van der Waals surface area contributed by atoms with Crippen LogP contribution in [0.5, 0.6) is 0 Å². The van der Waals surface area contributed by atoms with Gasteiger partial charge in [0.15, 0.2) is 0 Å². The summed E-state index contributed by atoms with van der Waals surface area (Å²) in [4.78, 5) is 2.22. The Morgan fingerprint density at radius 1 is 1.42 bits per heavy atom. The molecule has 1 fully saturated rings. The van der Waals surface area contributed by atoms with Crippen LogP contribution in [-0.2, 0) is 0 Å². The summed E-state index contributed by atoms with van der Waals surface area (Å²) >= 11 is 0. The molecule has 72 valence electrons. The highest BCUT2D eigenvalue weighted by atomic mass is 15.1. The van der Waals surface area contributed by atoms with Crippen molar-refractivity contribution in [3.05, 3.63) is 0 Å². The maximum Gasteiger partial charge on any atom is 0.0101 e. The second-order valence-corrected chi connectivity index (χ2v) is 4.24. The Morgan fingerprint density at radius 3 is 2.50 bits per heavy atom. The second kappa shape index (κ2) is 4.83. The molecule has 0 aromatic carbocycles. The van der Waals surface area contributed by atoms with Gasteiger partial charge in [0.1, 0.15) is 0 Å². The minimum Gasteiger partial charge on any atom is -0.313 e. The Hall–Kier alpha value is -0.0800. The Bertz CT molecular complexity index is 119. The van der Waals surface area contributed by atoms with Gasteiger partial charge in [0, 0.05) is 19.1 Å². The molecule has 1 N–H and O–H groups in total. The van der Waals surface area contributed by atoms with Gasteiger partial charge >= 0.3 is 0 Å². The first-order valence-corrected chi connectivity index (χ1v) is 5.08. The van der Waals surface area contributed by atoms with Crippen LogP contribution in [0.4, 0.5) is 0 Å². The molecule has 1 aliphatic rings. The molecule has 2 heteroatoms. The lowest BCUT2D eigenvalue weighted by Gasteiger charge is -2.32. The molecule has 1 saturated carbocycles. The number of rotatable bonds is 5. The van der Waals surface area contributed by atoms with Crippen molar-refractivity contribution >= 4 is 0 Å². The van der Waals surface area contributed by atoms with Gasteiger partial charge in [-0.25, -0.2) is 0 Å². The van der Waals surface area contributed by atoms with Crippen LogP contribution in [0.3, 0.4) is 0 Å². The van der Waals surface area contributed by atoms with Crippen LogP contribution < -0.4 is 5.32 Å². The Balaban J connectivity index is 1.98. The quantitative estimate of drug-likeness (QED) is 0.669. The minimum atomic E-state index is 0.735. The van der Waals surface area contributed by atoms with E-state index in [0.717, 1.165) is 25.0 Å². The van der Waals surface area contributed by atoms with Gasteiger partial charge in [0.25, 0.3) is 0 Å². The third kappa shape index (κ3) is 3.11. The molecule has 1 atom stereocenters. The fourth-order valence-corrected chi connectivity index (χ4v) is 1.62. The molecule has 0 amide bonds. The van der Waals surface area contributed by atoms with E-state index in [2.05, 4.69) is 31.2 Å². The van der Waals surface area contributed by atoms with Gasteiger partial charge in [-0.05, 0) is 39.8 Å². The average molecular weight is 170 g/mol. The summed E-state index contributed by atoms with van der Waals surface area (Å²) in [6.07, 6.45) is 4.33. The van der Waals surface area contributed by atoms with E-state index in [0.29, 0.717) is 0 Å². The predicted molar refractivity (Wildman–Crippen MR) is 53.4 cm³/mol. The average Bonchev–Trinajstić information content (AvgIpc) is 1.81. The Morgan fingerprint density at radius 2 is 2.08 bits per heavy atom. The number of nitrogens with zero attached hydrogens (tertiary/aromatic N) is 1. The van der Waals surface area contributed by atoms with Crippen LogP contribution in [0, 0.1) is 5.92 Å². The topological polar surface area (TPSA) is 15.3 Å². The lowest BCUT2D eigenvalue weighted by molar-refractivity contribution is 0.236. The van der Waals surface area contributed by atoms with Crippen LogP contribution in [0.15, 0.2) is 0 Å². The third-order valence-corrected chi connectivity index (χ3v) is 2.88. The van der Waals surface area contributed by atoms with E-state index in [1.54, 1.807) is 0 Å². The summed E-state index contributed by atoms with van der Waals surface area (Å²) in [7, 11) is 4.24. The van der Waals surface area contributed by atoms with Crippen LogP contribution in [0.25, 0.3) is 0 Å². The molecular formula is C10H22N2. The number of hydrogen-bond acceptors (Lipinski definition) is 2. The molecule has 12 heavy (non-hydrogen) atoms. The number of likely N-dealkylation sites (N-methyl/N-ethyl adjacent to an activating group) is 1. The monoisotopic (exact) mass is 170 g/mol. The highest BCUT2D eigenvalue weighted by Crippen LogP contribution is 2.29. The van der Waals surface area contributed by atoms with Crippen molar-refractivity contribution in [1.82, 2.24) is 10.2 Å². The zero-order valence-corrected chi connectivity index (χ0v) is 8.64. The van der Waals surface area contributed by atoms with Crippen molar-refractivity contribution in [1.29, 1.82) is 0 Å². The number of nitrogens with one attached hydrogen (secondary N) is 1. The molecule has 1 unspecified atom stereocenters. The van der Waals surface area contributed by atoms with Gasteiger partial charge in [-0.1, -0.05) is 6.42 Å². The molecule has 0 aromatic rings. The van der Waals surface area contributed by atoms with E-state index in [1.165, 1.54) is 19.3 Å². The van der Waals surface area contributed by atoms with E-state index >= 15 is 0 Å². The minimum absolute atomic E-state index is 0.735. The Kier molecular flexibility index (Phi) is 4.02. The van der Waals surface area contributed by atoms with Crippen LogP contribution in [0.2, 0.25) is 0 Å². The van der Waals surface area contributed by atoms with Gasteiger partial charge in [-0.3, -0.25) is 0 Å². The zero-order chi connectivity index (χ0) is 8.97. The van der Waals surface area contributed by atoms with Gasteiger partial charge in [0.05, 0.1) is 0 Å². The summed E-state index contributed by atoms with van der Waals surface area (Å²) in [6, 6.07) is 0.735. The lowest BCUT2D eigenvalue weighted by Crippen LogP contribution is -2.40. The summed E-state index contributed by atoms with van der Waals surface area (Å²) in [5.41, 5.74) is 0. The van der Waals surface area contributed by atoms with E-state index in [9.17, 15) is 0 Å². The van der Waals surface area contributed by atoms with E-state index in [-0.39, 0.29) is 0 Å². The maximum atomic E-state index is 3.57. The van der Waals surface area contributed by atoms with Crippen molar-refractivity contribution in [2.24, 2.45) is 5.92 Å². The predicted octanol–water partition coefficient (Wildman–Crippen LogP) is 1.33. The van der Waals surface area contributed by atoms with Crippen molar-refractivity contribution in [2.75, 3.05) is 27.2 Å². The smallest absolute Gasteiger partial charge is 0.0101 e. The molecule has 0 heterocycles. The first-order chi connectivity index (χ1) is 5.70. The van der Waals surface area contributed by atoms with E-state index in [4.69, 9.17) is 0 Å². The highest BCUT2D eigenvalue weighted by Gasteiger charge is 2.22. The SMILES string of the molecule is CC(NCCN(C)C)C1CCC1. The van der Waals surface area contributed by atoms with Crippen molar-refractivity contribution in [2.45, 2.75) is 32.2 Å². The lowest BCUT2D eigenvalue weighted by atomic mass is 9.80. The molecule has 1 rings (SSSR count). The molecule has 0 bridgehead atoms. The Labute approximate surface area is 76.3 Å². The van der Waals surface area contributed by atoms with E-state index in [1.807, 2.05) is 0 Å². The summed E-state index contributed by atoms with van der Waals surface area (Å²) in [6.45, 7) is 4.60. The maximum absolute atomic E-state index is 3.57. The fourth-order valence-electron chi connectivity index (χ4n) is 1.62. The molecule has 0 saturated heterocycles. The summed E-state index contributed by atoms with van der Waals surface area (Å²) in [5.74, 6) is 0.965. The van der Waals surface area contributed by atoms with Gasteiger partial charge in [0.2, 0.25) is 0 Å². The molecule has 1 aliphatic carbocycles. The van der Waals surface area contributed by atoms with E-state index < -0.39 is 0 Å². The largest absolute Gasteiger partial charge is 0.313 e. The normalized spacial score (nSPS) is 21.0. The van der Waals surface area contributed by atoms with Gasteiger partial charge in [-0.2, -0.15) is 0 Å². The van der Waals surface area contributed by atoms with Crippen molar-refractivity contribution < 1.29 is 0 Å². The van der Waals surface area contributed by atoms with Gasteiger partial charge < -0.3 is 10.2 Å². The highest BCUT2D eigenvalue weighted by molar-refractivity contribution is 4.79. The molecule has 2 nitrogen and oxygen atoms in total. The molecule has 0 aromatic heterocycles. The zero-order valence-electron chi connectivity index (χ0n) is 8.64. The third-order valence-electron chi connectivity index (χ3n) is 2.88. The van der Waals surface area contributed by atoms with Crippen LogP contribution in [-0.4, -0.2) is 38.1 Å². The molecule has 0 spiro atoms. The molecule has 0 aliphatic heterocycles. The van der Waals surface area contributed by atoms with Crippen LogP contribution in [0.1, 0.15) is 26.2 Å². The van der Waals surface area contributed by atoms with Crippen molar-refractivity contribution in [3.8, 4) is 0 Å². The fraction of sp³-hybridized carbons (Fsp3) is 1.00. The van der Waals surface area contributed by atoms with Gasteiger partial charge in [-0.15, -0.1) is 0 Å². The molecular weight excluding hydrogens is 148 g/mol. The second-order valence-electron chi connectivity index (χ2n) is 4.24. The van der Waals surface area contributed by atoms with Crippen LogP contribution >= 0.6 is 0 Å². The number of hydrogen-bond donors (Lipinski definition) is 1. The standard InChI is InChI=1S/C10H22N2/c1-9(10-5-4-6-10)11-7-8-12(2)3/h9-11H,4-8H2,1-3H3.